The highest BCUT2D eigenvalue weighted by atomic mass is 16.8. The highest BCUT2D eigenvalue weighted by Gasteiger charge is 2.53. The van der Waals surface area contributed by atoms with Gasteiger partial charge in [-0.05, 0) is 35.4 Å². The molecule has 0 spiro atoms. The van der Waals surface area contributed by atoms with E-state index in [-0.39, 0.29) is 62.0 Å². The monoisotopic (exact) mass is 482 g/mol. The minimum Gasteiger partial charge on any atom is -0.454 e. The molecule has 6 aliphatic rings. The Morgan fingerprint density at radius 3 is 1.49 bits per heavy atom. The molecule has 0 bridgehead atoms. The first-order valence-corrected chi connectivity index (χ1v) is 12.2. The average Bonchev–Trinajstić information content (AvgIpc) is 3.70. The van der Waals surface area contributed by atoms with E-state index in [2.05, 4.69) is 0 Å². The molecule has 0 N–H and O–H groups in total. The molecule has 0 amide bonds. The summed E-state index contributed by atoms with van der Waals surface area (Å²) in [5, 5.41) is 0. The summed E-state index contributed by atoms with van der Waals surface area (Å²) in [4.78, 5) is 0. The number of ether oxygens (including phenoxy) is 9. The van der Waals surface area contributed by atoms with E-state index in [1.54, 1.807) is 0 Å². The van der Waals surface area contributed by atoms with Crippen LogP contribution in [-0.2, 0) is 23.7 Å². The molecular weight excluding hydrogens is 456 g/mol. The van der Waals surface area contributed by atoms with E-state index in [0.717, 1.165) is 34.1 Å². The van der Waals surface area contributed by atoms with Crippen molar-refractivity contribution < 1.29 is 42.6 Å². The molecule has 8 rings (SSSR count). The summed E-state index contributed by atoms with van der Waals surface area (Å²) in [7, 11) is 0. The van der Waals surface area contributed by atoms with Crippen molar-refractivity contribution in [3.05, 3.63) is 47.5 Å². The normalized spacial score (nSPS) is 38.2. The highest BCUT2D eigenvalue weighted by Crippen LogP contribution is 2.50. The molecule has 0 aliphatic carbocycles. The molecular formula is C26H26O9. The van der Waals surface area contributed by atoms with Crippen LogP contribution in [0, 0.1) is 23.7 Å². The molecule has 4 saturated heterocycles. The number of benzene rings is 2. The lowest BCUT2D eigenvalue weighted by molar-refractivity contribution is -0.242. The van der Waals surface area contributed by atoms with Crippen LogP contribution in [0.2, 0.25) is 0 Å². The maximum atomic E-state index is 6.42. The number of hydrogen-bond donors (Lipinski definition) is 0. The smallest absolute Gasteiger partial charge is 0.231 e. The van der Waals surface area contributed by atoms with Crippen molar-refractivity contribution >= 4 is 0 Å². The molecule has 6 aliphatic heterocycles. The van der Waals surface area contributed by atoms with Crippen molar-refractivity contribution in [1.29, 1.82) is 0 Å². The van der Waals surface area contributed by atoms with Crippen LogP contribution < -0.4 is 18.9 Å². The minimum absolute atomic E-state index is 0.0504. The Kier molecular flexibility index (Phi) is 4.70. The molecule has 9 nitrogen and oxygen atoms in total. The highest BCUT2D eigenvalue weighted by molar-refractivity contribution is 5.46. The number of rotatable bonds is 4. The molecule has 0 radical (unpaired) electrons. The lowest BCUT2D eigenvalue weighted by atomic mass is 9.88. The molecule has 2 aromatic carbocycles. The zero-order valence-electron chi connectivity index (χ0n) is 19.0. The van der Waals surface area contributed by atoms with Crippen LogP contribution in [0.4, 0.5) is 0 Å². The van der Waals surface area contributed by atoms with E-state index in [1.165, 1.54) is 0 Å². The molecule has 6 heterocycles. The van der Waals surface area contributed by atoms with Gasteiger partial charge in [-0.1, -0.05) is 12.1 Å². The first kappa shape index (κ1) is 20.6. The minimum atomic E-state index is -0.354. The standard InChI is InChI=1S/C26H26O9/c1-3-19-21(33-11-31-19)5-13(1)23-15-7-29-25(17(15)9-27-23)35-26-18-10-28-24(16(18)8-30-26)14-2-4-20-22(6-14)34-12-32-20/h1-6,15-18,23-26H,7-12H2/t15-,16-,17-,18-,23+,24+,25+,26+/m0/s1. The van der Waals surface area contributed by atoms with Crippen LogP contribution in [0.1, 0.15) is 23.3 Å². The van der Waals surface area contributed by atoms with Gasteiger partial charge in [-0.15, -0.1) is 0 Å². The van der Waals surface area contributed by atoms with Crippen LogP contribution in [0.25, 0.3) is 0 Å². The summed E-state index contributed by atoms with van der Waals surface area (Å²) in [5.74, 6) is 3.84. The second-order valence-electron chi connectivity index (χ2n) is 9.93. The molecule has 0 aromatic heterocycles. The Balaban J connectivity index is 0.942. The molecule has 9 heteroatoms. The van der Waals surface area contributed by atoms with E-state index in [1.807, 2.05) is 36.4 Å². The summed E-state index contributed by atoms with van der Waals surface area (Å²) < 4.78 is 53.1. The van der Waals surface area contributed by atoms with Gasteiger partial charge in [0, 0.05) is 23.7 Å². The summed E-state index contributed by atoms with van der Waals surface area (Å²) in [6.45, 7) is 2.88. The zero-order valence-corrected chi connectivity index (χ0v) is 19.0. The van der Waals surface area contributed by atoms with E-state index < -0.39 is 0 Å². The van der Waals surface area contributed by atoms with Crippen molar-refractivity contribution in [2.45, 2.75) is 24.8 Å². The lowest BCUT2D eigenvalue weighted by Crippen LogP contribution is -2.32. The van der Waals surface area contributed by atoms with Crippen LogP contribution in [0.3, 0.4) is 0 Å². The first-order chi connectivity index (χ1) is 17.3. The summed E-state index contributed by atoms with van der Waals surface area (Å²) in [6, 6.07) is 12.0. The van der Waals surface area contributed by atoms with Gasteiger partial charge < -0.3 is 42.6 Å². The summed E-state index contributed by atoms with van der Waals surface area (Å²) in [6.07, 6.45) is -0.809. The number of hydrogen-bond acceptors (Lipinski definition) is 9. The first-order valence-electron chi connectivity index (χ1n) is 12.2. The van der Waals surface area contributed by atoms with Crippen LogP contribution in [-0.4, -0.2) is 52.6 Å². The van der Waals surface area contributed by atoms with Crippen LogP contribution in [0.5, 0.6) is 23.0 Å². The maximum absolute atomic E-state index is 6.42. The Bertz CT molecular complexity index is 1050. The van der Waals surface area contributed by atoms with Gasteiger partial charge in [-0.2, -0.15) is 0 Å². The quantitative estimate of drug-likeness (QED) is 0.653. The Labute approximate surface area is 202 Å². The maximum Gasteiger partial charge on any atom is 0.231 e. The average molecular weight is 482 g/mol. The van der Waals surface area contributed by atoms with Crippen molar-refractivity contribution in [3.8, 4) is 23.0 Å². The fraction of sp³-hybridized carbons (Fsp3) is 0.538. The molecule has 4 fully saturated rings. The number of fused-ring (bicyclic) bond motifs is 4. The van der Waals surface area contributed by atoms with Gasteiger partial charge in [-0.25, -0.2) is 0 Å². The van der Waals surface area contributed by atoms with Gasteiger partial charge >= 0.3 is 0 Å². The lowest BCUT2D eigenvalue weighted by Gasteiger charge is -2.23. The van der Waals surface area contributed by atoms with Gasteiger partial charge in [0.1, 0.15) is 0 Å². The van der Waals surface area contributed by atoms with Gasteiger partial charge in [-0.3, -0.25) is 0 Å². The van der Waals surface area contributed by atoms with Crippen LogP contribution >= 0.6 is 0 Å². The van der Waals surface area contributed by atoms with Gasteiger partial charge in [0.15, 0.2) is 35.6 Å². The molecule has 35 heavy (non-hydrogen) atoms. The Morgan fingerprint density at radius 2 is 0.971 bits per heavy atom. The van der Waals surface area contributed by atoms with Crippen molar-refractivity contribution in [3.63, 3.8) is 0 Å². The third kappa shape index (κ3) is 3.26. The zero-order chi connectivity index (χ0) is 22.9. The SMILES string of the molecule is c1cc2c(cc1[C@H]1OC[C@@H]3[C@@H](O[C@H]4OC[C@H]5[C@@H]4CO[C@@H]5c4ccc5c(c4)OCO5)OC[C@@H]31)OCO2. The van der Waals surface area contributed by atoms with E-state index >= 15 is 0 Å². The van der Waals surface area contributed by atoms with E-state index in [9.17, 15) is 0 Å². The topological polar surface area (TPSA) is 83.1 Å². The van der Waals surface area contributed by atoms with Crippen molar-refractivity contribution in [2.24, 2.45) is 23.7 Å². The third-order valence-electron chi connectivity index (χ3n) is 8.14. The van der Waals surface area contributed by atoms with Crippen molar-refractivity contribution in [2.75, 3.05) is 40.0 Å². The Hall–Kier alpha value is -2.56. The molecule has 184 valence electrons. The van der Waals surface area contributed by atoms with Crippen molar-refractivity contribution in [1.82, 2.24) is 0 Å². The third-order valence-corrected chi connectivity index (χ3v) is 8.14. The second-order valence-corrected chi connectivity index (χ2v) is 9.93. The Morgan fingerprint density at radius 1 is 0.514 bits per heavy atom. The predicted molar refractivity (Wildman–Crippen MR) is 117 cm³/mol. The fourth-order valence-corrected chi connectivity index (χ4v) is 6.29. The molecule has 0 unspecified atom stereocenters. The fourth-order valence-electron chi connectivity index (χ4n) is 6.29. The molecule has 0 saturated carbocycles. The summed E-state index contributed by atoms with van der Waals surface area (Å²) in [5.41, 5.74) is 2.16. The summed E-state index contributed by atoms with van der Waals surface area (Å²) >= 11 is 0. The molecule has 8 atom stereocenters. The molecule has 2 aromatic rings. The van der Waals surface area contributed by atoms with Gasteiger partial charge in [0.2, 0.25) is 13.6 Å². The van der Waals surface area contributed by atoms with Gasteiger partial charge in [0.05, 0.1) is 38.6 Å². The van der Waals surface area contributed by atoms with E-state index in [4.69, 9.17) is 42.6 Å². The largest absolute Gasteiger partial charge is 0.454 e. The van der Waals surface area contributed by atoms with Crippen LogP contribution in [0.15, 0.2) is 36.4 Å². The van der Waals surface area contributed by atoms with E-state index in [0.29, 0.717) is 26.4 Å². The predicted octanol–water partition coefficient (Wildman–Crippen LogP) is 3.18. The second kappa shape index (κ2) is 7.97. The van der Waals surface area contributed by atoms with Gasteiger partial charge in [0.25, 0.3) is 0 Å².